The number of hydrogen-bond acceptors (Lipinski definition) is 5. The summed E-state index contributed by atoms with van der Waals surface area (Å²) in [6.07, 6.45) is 4.21. The molecule has 1 aliphatic rings. The maximum absolute atomic E-state index is 5.27. The van der Waals surface area contributed by atoms with Crippen LogP contribution in [0.2, 0.25) is 0 Å². The molecule has 130 valence electrons. The minimum Gasteiger partial charge on any atom is -0.497 e. The van der Waals surface area contributed by atoms with Crippen molar-refractivity contribution < 1.29 is 9.26 Å². The lowest BCUT2D eigenvalue weighted by molar-refractivity contribution is 0.237. The zero-order valence-corrected chi connectivity index (χ0v) is 14.5. The second kappa shape index (κ2) is 6.72. The number of aromatic nitrogens is 3. The van der Waals surface area contributed by atoms with Gasteiger partial charge < -0.3 is 9.26 Å². The Morgan fingerprint density at radius 2 is 2.16 bits per heavy atom. The number of likely N-dealkylation sites (tertiary alicyclic amines) is 1. The van der Waals surface area contributed by atoms with Crippen LogP contribution < -0.4 is 4.74 Å². The first-order chi connectivity index (χ1) is 12.2. The summed E-state index contributed by atoms with van der Waals surface area (Å²) < 4.78 is 10.5. The van der Waals surface area contributed by atoms with E-state index in [1.807, 2.05) is 31.3 Å². The van der Waals surface area contributed by atoms with Gasteiger partial charge in [0, 0.05) is 23.7 Å². The molecule has 0 aliphatic carbocycles. The fourth-order valence-corrected chi connectivity index (χ4v) is 3.55. The maximum Gasteiger partial charge on any atom is 0.133 e. The average molecular weight is 338 g/mol. The van der Waals surface area contributed by atoms with Crippen LogP contribution in [-0.4, -0.2) is 33.9 Å². The van der Waals surface area contributed by atoms with Crippen LogP contribution in [0.15, 0.2) is 41.1 Å². The molecule has 0 saturated carbocycles. The molecule has 0 amide bonds. The molecule has 0 radical (unpaired) electrons. The van der Waals surface area contributed by atoms with Crippen molar-refractivity contribution in [2.75, 3.05) is 13.7 Å². The van der Waals surface area contributed by atoms with Crippen molar-refractivity contribution in [3.8, 4) is 17.0 Å². The fourth-order valence-electron chi connectivity index (χ4n) is 3.55. The number of aryl methyl sites for hydroxylation is 1. The summed E-state index contributed by atoms with van der Waals surface area (Å²) in [4.78, 5) is 2.45. The Morgan fingerprint density at radius 3 is 2.88 bits per heavy atom. The second-order valence-electron chi connectivity index (χ2n) is 6.49. The quantitative estimate of drug-likeness (QED) is 0.768. The third kappa shape index (κ3) is 3.17. The van der Waals surface area contributed by atoms with E-state index >= 15 is 0 Å². The summed E-state index contributed by atoms with van der Waals surface area (Å²) in [7, 11) is 1.68. The van der Waals surface area contributed by atoms with E-state index < -0.39 is 0 Å². The summed E-state index contributed by atoms with van der Waals surface area (Å²) in [5.74, 6) is 1.72. The number of H-pyrrole nitrogens is 1. The lowest BCUT2D eigenvalue weighted by Gasteiger charge is -2.22. The predicted octanol–water partition coefficient (Wildman–Crippen LogP) is 3.72. The first kappa shape index (κ1) is 15.9. The molecular weight excluding hydrogens is 316 g/mol. The van der Waals surface area contributed by atoms with Crippen LogP contribution in [0.5, 0.6) is 5.75 Å². The van der Waals surface area contributed by atoms with Gasteiger partial charge in [-0.2, -0.15) is 5.10 Å². The summed E-state index contributed by atoms with van der Waals surface area (Å²) in [6.45, 7) is 3.84. The normalized spacial score (nSPS) is 17.9. The number of aromatic amines is 1. The molecule has 1 aliphatic heterocycles. The number of nitrogens with zero attached hydrogens (tertiary/aromatic N) is 3. The minimum atomic E-state index is 0.316. The molecule has 1 atom stereocenters. The van der Waals surface area contributed by atoms with Gasteiger partial charge in [-0.3, -0.25) is 10.00 Å². The molecule has 0 bridgehead atoms. The van der Waals surface area contributed by atoms with Crippen LogP contribution >= 0.6 is 0 Å². The molecule has 4 rings (SSSR count). The third-order valence-corrected chi connectivity index (χ3v) is 4.82. The van der Waals surface area contributed by atoms with E-state index in [1.54, 1.807) is 7.11 Å². The zero-order valence-electron chi connectivity index (χ0n) is 14.5. The smallest absolute Gasteiger partial charge is 0.133 e. The monoisotopic (exact) mass is 338 g/mol. The predicted molar refractivity (Wildman–Crippen MR) is 94.2 cm³/mol. The number of hydrogen-bond donors (Lipinski definition) is 1. The van der Waals surface area contributed by atoms with Crippen molar-refractivity contribution >= 4 is 0 Å². The van der Waals surface area contributed by atoms with Gasteiger partial charge in [0.05, 0.1) is 25.0 Å². The molecule has 1 saturated heterocycles. The molecule has 1 aromatic carbocycles. The highest BCUT2D eigenvalue weighted by Crippen LogP contribution is 2.34. The molecule has 25 heavy (non-hydrogen) atoms. The first-order valence-corrected chi connectivity index (χ1v) is 8.58. The highest BCUT2D eigenvalue weighted by atomic mass is 16.5. The first-order valence-electron chi connectivity index (χ1n) is 8.58. The van der Waals surface area contributed by atoms with Crippen LogP contribution in [0.4, 0.5) is 0 Å². The van der Waals surface area contributed by atoms with Gasteiger partial charge in [0.1, 0.15) is 17.2 Å². The van der Waals surface area contributed by atoms with Gasteiger partial charge in [-0.05, 0) is 50.6 Å². The lowest BCUT2D eigenvalue weighted by Crippen LogP contribution is -2.23. The molecular formula is C19H22N4O2. The molecule has 3 heterocycles. The van der Waals surface area contributed by atoms with Crippen LogP contribution in [0, 0.1) is 6.92 Å². The van der Waals surface area contributed by atoms with E-state index in [2.05, 4.69) is 32.4 Å². The Morgan fingerprint density at radius 1 is 1.32 bits per heavy atom. The molecule has 6 nitrogen and oxygen atoms in total. The van der Waals surface area contributed by atoms with Crippen LogP contribution in [-0.2, 0) is 6.54 Å². The summed E-state index contributed by atoms with van der Waals surface area (Å²) in [6, 6.07) is 10.4. The maximum atomic E-state index is 5.27. The number of nitrogens with one attached hydrogen (secondary N) is 1. The van der Waals surface area contributed by atoms with Gasteiger partial charge in [0.25, 0.3) is 0 Å². The van der Waals surface area contributed by atoms with E-state index in [-0.39, 0.29) is 0 Å². The lowest BCUT2D eigenvalue weighted by atomic mass is 10.1. The van der Waals surface area contributed by atoms with Crippen molar-refractivity contribution in [2.45, 2.75) is 32.4 Å². The van der Waals surface area contributed by atoms with Gasteiger partial charge in [-0.1, -0.05) is 5.16 Å². The van der Waals surface area contributed by atoms with Crippen molar-refractivity contribution in [1.82, 2.24) is 20.3 Å². The molecule has 1 fully saturated rings. The van der Waals surface area contributed by atoms with Gasteiger partial charge in [0.15, 0.2) is 0 Å². The Labute approximate surface area is 146 Å². The Kier molecular flexibility index (Phi) is 4.28. The highest BCUT2D eigenvalue weighted by molar-refractivity contribution is 5.63. The highest BCUT2D eigenvalue weighted by Gasteiger charge is 2.29. The standard InChI is InChI=1S/C19H22N4O2/c1-13-10-17(22-25-13)18-4-3-9-23(18)12-15-11-20-21-19(15)14-5-7-16(24-2)8-6-14/h5-8,10-11,18H,3-4,9,12H2,1-2H3,(H,20,21)/t18-/m0/s1. The Bertz CT molecular complexity index is 837. The van der Waals surface area contributed by atoms with E-state index in [1.165, 1.54) is 12.0 Å². The molecule has 1 N–H and O–H groups in total. The van der Waals surface area contributed by atoms with Gasteiger partial charge in [-0.25, -0.2) is 0 Å². The molecule has 3 aromatic rings. The molecule has 6 heteroatoms. The second-order valence-corrected chi connectivity index (χ2v) is 6.49. The minimum absolute atomic E-state index is 0.316. The summed E-state index contributed by atoms with van der Waals surface area (Å²) in [5, 5.41) is 11.6. The number of methoxy groups -OCH3 is 1. The van der Waals surface area contributed by atoms with Gasteiger partial charge in [-0.15, -0.1) is 0 Å². The molecule has 0 spiro atoms. The largest absolute Gasteiger partial charge is 0.497 e. The molecule has 2 aromatic heterocycles. The number of benzene rings is 1. The van der Waals surface area contributed by atoms with Crippen LogP contribution in [0.3, 0.4) is 0 Å². The summed E-state index contributed by atoms with van der Waals surface area (Å²) >= 11 is 0. The van der Waals surface area contributed by atoms with E-state index in [9.17, 15) is 0 Å². The summed E-state index contributed by atoms with van der Waals surface area (Å²) in [5.41, 5.74) is 4.40. The zero-order chi connectivity index (χ0) is 17.2. The van der Waals surface area contributed by atoms with Gasteiger partial charge >= 0.3 is 0 Å². The number of ether oxygens (including phenoxy) is 1. The van der Waals surface area contributed by atoms with Gasteiger partial charge in [0.2, 0.25) is 0 Å². The van der Waals surface area contributed by atoms with Crippen molar-refractivity contribution in [3.63, 3.8) is 0 Å². The Balaban J connectivity index is 1.56. The van der Waals surface area contributed by atoms with E-state index in [0.29, 0.717) is 6.04 Å². The average Bonchev–Trinajstić information content (AvgIpc) is 3.36. The topological polar surface area (TPSA) is 67.2 Å². The van der Waals surface area contributed by atoms with Crippen LogP contribution in [0.1, 0.15) is 35.9 Å². The van der Waals surface area contributed by atoms with Crippen molar-refractivity contribution in [2.24, 2.45) is 0 Å². The SMILES string of the molecule is COc1ccc(-c2[nH]ncc2CN2CCC[C@H]2c2cc(C)on2)cc1. The third-order valence-electron chi connectivity index (χ3n) is 4.82. The molecule has 0 unspecified atom stereocenters. The van der Waals surface area contributed by atoms with E-state index in [0.717, 1.165) is 48.0 Å². The fraction of sp³-hybridized carbons (Fsp3) is 0.368. The van der Waals surface area contributed by atoms with Crippen molar-refractivity contribution in [1.29, 1.82) is 0 Å². The Hall–Kier alpha value is -2.60. The van der Waals surface area contributed by atoms with E-state index in [4.69, 9.17) is 9.26 Å². The van der Waals surface area contributed by atoms with Crippen molar-refractivity contribution in [3.05, 3.63) is 53.5 Å². The number of rotatable bonds is 5. The van der Waals surface area contributed by atoms with Crippen LogP contribution in [0.25, 0.3) is 11.3 Å².